The SMILES string of the molecule is Cc1c(F)cc(Cl)c(O)c1-c1cc(C(=O)O)no1. The van der Waals surface area contributed by atoms with Crippen LogP contribution in [-0.2, 0) is 0 Å². The largest absolute Gasteiger partial charge is 0.506 e. The van der Waals surface area contributed by atoms with E-state index in [9.17, 15) is 14.3 Å². The van der Waals surface area contributed by atoms with Crippen LogP contribution in [0.3, 0.4) is 0 Å². The van der Waals surface area contributed by atoms with Gasteiger partial charge >= 0.3 is 5.97 Å². The highest BCUT2D eigenvalue weighted by atomic mass is 35.5. The summed E-state index contributed by atoms with van der Waals surface area (Å²) in [6.07, 6.45) is 0. The monoisotopic (exact) mass is 271 g/mol. The van der Waals surface area contributed by atoms with Gasteiger partial charge in [0.2, 0.25) is 0 Å². The number of rotatable bonds is 2. The van der Waals surface area contributed by atoms with E-state index < -0.39 is 11.8 Å². The average Bonchev–Trinajstić information content (AvgIpc) is 2.76. The molecular weight excluding hydrogens is 265 g/mol. The molecule has 0 bridgehead atoms. The Hall–Kier alpha value is -2.08. The first-order chi connectivity index (χ1) is 8.41. The molecule has 0 unspecified atom stereocenters. The fourth-order valence-electron chi connectivity index (χ4n) is 1.50. The Balaban J connectivity index is 2.66. The minimum atomic E-state index is -1.29. The second-order valence-corrected chi connectivity index (χ2v) is 3.98. The molecule has 0 aliphatic rings. The van der Waals surface area contributed by atoms with Gasteiger partial charge in [0.05, 0.1) is 10.6 Å². The van der Waals surface area contributed by atoms with Crippen molar-refractivity contribution in [2.24, 2.45) is 0 Å². The Morgan fingerprint density at radius 2 is 2.17 bits per heavy atom. The summed E-state index contributed by atoms with van der Waals surface area (Å²) in [5, 5.41) is 21.6. The van der Waals surface area contributed by atoms with Crippen LogP contribution in [0.15, 0.2) is 16.7 Å². The number of carboxylic acids is 1. The van der Waals surface area contributed by atoms with Gasteiger partial charge in [0.15, 0.2) is 11.5 Å². The number of carboxylic acid groups (broad SMARTS) is 1. The molecule has 0 aliphatic heterocycles. The van der Waals surface area contributed by atoms with Crippen molar-refractivity contribution >= 4 is 17.6 Å². The number of phenolic OH excluding ortho intramolecular Hbond substituents is 1. The van der Waals surface area contributed by atoms with E-state index in [0.717, 1.165) is 12.1 Å². The fourth-order valence-corrected chi connectivity index (χ4v) is 1.69. The van der Waals surface area contributed by atoms with E-state index >= 15 is 0 Å². The van der Waals surface area contributed by atoms with Gasteiger partial charge in [-0.05, 0) is 18.6 Å². The normalized spacial score (nSPS) is 10.6. The molecule has 94 valence electrons. The number of phenols is 1. The maximum absolute atomic E-state index is 13.5. The van der Waals surface area contributed by atoms with Crippen molar-refractivity contribution in [3.05, 3.63) is 34.2 Å². The van der Waals surface area contributed by atoms with Gasteiger partial charge < -0.3 is 14.7 Å². The Kier molecular flexibility index (Phi) is 2.96. The number of nitrogens with zero attached hydrogens (tertiary/aromatic N) is 1. The van der Waals surface area contributed by atoms with Gasteiger partial charge in [0.1, 0.15) is 11.6 Å². The van der Waals surface area contributed by atoms with Crippen LogP contribution >= 0.6 is 11.6 Å². The third kappa shape index (κ3) is 1.91. The third-order valence-electron chi connectivity index (χ3n) is 2.43. The number of aromatic carboxylic acids is 1. The Morgan fingerprint density at radius 1 is 1.50 bits per heavy atom. The lowest BCUT2D eigenvalue weighted by molar-refractivity contribution is 0.0686. The molecule has 1 aromatic carbocycles. The molecular formula is C11H7ClFNO4. The van der Waals surface area contributed by atoms with E-state index in [1.165, 1.54) is 6.92 Å². The minimum absolute atomic E-state index is 0.0139. The second kappa shape index (κ2) is 4.30. The van der Waals surface area contributed by atoms with E-state index in [1.807, 2.05) is 0 Å². The topological polar surface area (TPSA) is 83.6 Å². The maximum Gasteiger partial charge on any atom is 0.358 e. The molecule has 0 saturated carbocycles. The highest BCUT2D eigenvalue weighted by Crippen LogP contribution is 2.39. The minimum Gasteiger partial charge on any atom is -0.506 e. The smallest absolute Gasteiger partial charge is 0.358 e. The number of benzene rings is 1. The van der Waals surface area contributed by atoms with Crippen molar-refractivity contribution in [1.82, 2.24) is 5.16 Å². The summed E-state index contributed by atoms with van der Waals surface area (Å²) in [6.45, 7) is 1.41. The summed E-state index contributed by atoms with van der Waals surface area (Å²) >= 11 is 5.64. The number of halogens is 2. The molecule has 0 spiro atoms. The maximum atomic E-state index is 13.5. The van der Waals surface area contributed by atoms with Gasteiger partial charge in [-0.15, -0.1) is 0 Å². The summed E-state index contributed by atoms with van der Waals surface area (Å²) in [4.78, 5) is 10.7. The summed E-state index contributed by atoms with van der Waals surface area (Å²) in [5.74, 6) is -2.38. The van der Waals surface area contributed by atoms with Crippen LogP contribution in [0.2, 0.25) is 5.02 Å². The van der Waals surface area contributed by atoms with Crippen LogP contribution < -0.4 is 0 Å². The van der Waals surface area contributed by atoms with Crippen molar-refractivity contribution in [3.63, 3.8) is 0 Å². The van der Waals surface area contributed by atoms with Crippen molar-refractivity contribution in [3.8, 4) is 17.1 Å². The fraction of sp³-hybridized carbons (Fsp3) is 0.0909. The molecule has 0 radical (unpaired) electrons. The van der Waals surface area contributed by atoms with Crippen LogP contribution in [0.5, 0.6) is 5.75 Å². The van der Waals surface area contributed by atoms with E-state index in [4.69, 9.17) is 21.2 Å². The number of aromatic hydroxyl groups is 1. The quantitative estimate of drug-likeness (QED) is 0.877. The predicted octanol–water partition coefficient (Wildman–Crippen LogP) is 2.85. The van der Waals surface area contributed by atoms with Crippen LogP contribution in [-0.4, -0.2) is 21.3 Å². The number of carbonyl (C=O) groups is 1. The Bertz CT molecular complexity index is 612. The Labute approximate surface area is 105 Å². The van der Waals surface area contributed by atoms with Crippen LogP contribution in [0.4, 0.5) is 4.39 Å². The molecule has 18 heavy (non-hydrogen) atoms. The van der Waals surface area contributed by atoms with E-state index in [2.05, 4.69) is 5.16 Å². The molecule has 0 fully saturated rings. The molecule has 2 N–H and O–H groups in total. The first-order valence-electron chi connectivity index (χ1n) is 4.79. The molecule has 2 aromatic rings. The van der Waals surface area contributed by atoms with Crippen molar-refractivity contribution in [1.29, 1.82) is 0 Å². The number of hydrogen-bond donors (Lipinski definition) is 2. The van der Waals surface area contributed by atoms with E-state index in [0.29, 0.717) is 0 Å². The molecule has 5 nitrogen and oxygen atoms in total. The summed E-state index contributed by atoms with van der Waals surface area (Å²) in [6, 6.07) is 2.05. The van der Waals surface area contributed by atoms with Crippen LogP contribution in [0, 0.1) is 12.7 Å². The van der Waals surface area contributed by atoms with Gasteiger partial charge in [-0.3, -0.25) is 0 Å². The van der Waals surface area contributed by atoms with E-state index in [1.54, 1.807) is 0 Å². The lowest BCUT2D eigenvalue weighted by atomic mass is 10.0. The summed E-state index contributed by atoms with van der Waals surface area (Å²) in [7, 11) is 0. The molecule has 1 aromatic heterocycles. The van der Waals surface area contributed by atoms with Gasteiger partial charge in [-0.2, -0.15) is 0 Å². The number of hydrogen-bond acceptors (Lipinski definition) is 4. The van der Waals surface area contributed by atoms with E-state index in [-0.39, 0.29) is 33.4 Å². The molecule has 0 aliphatic carbocycles. The van der Waals surface area contributed by atoms with Crippen molar-refractivity contribution in [2.75, 3.05) is 0 Å². The van der Waals surface area contributed by atoms with Crippen molar-refractivity contribution in [2.45, 2.75) is 6.92 Å². The Morgan fingerprint density at radius 3 is 2.72 bits per heavy atom. The first-order valence-corrected chi connectivity index (χ1v) is 5.17. The zero-order valence-electron chi connectivity index (χ0n) is 9.07. The predicted molar refractivity (Wildman–Crippen MR) is 60.3 cm³/mol. The van der Waals surface area contributed by atoms with Gasteiger partial charge in [-0.1, -0.05) is 16.8 Å². The van der Waals surface area contributed by atoms with Gasteiger partial charge in [-0.25, -0.2) is 9.18 Å². The lowest BCUT2D eigenvalue weighted by Gasteiger charge is -2.07. The zero-order chi connectivity index (χ0) is 13.4. The van der Waals surface area contributed by atoms with Gasteiger partial charge in [0.25, 0.3) is 0 Å². The summed E-state index contributed by atoms with van der Waals surface area (Å²) < 4.78 is 18.3. The highest BCUT2D eigenvalue weighted by Gasteiger charge is 2.21. The first kappa shape index (κ1) is 12.4. The summed E-state index contributed by atoms with van der Waals surface area (Å²) in [5.41, 5.74) is -0.269. The second-order valence-electron chi connectivity index (χ2n) is 3.57. The highest BCUT2D eigenvalue weighted by molar-refractivity contribution is 6.32. The standard InChI is InChI=1S/C11H7ClFNO4/c1-4-6(13)2-5(12)10(15)9(4)8-3-7(11(16)17)14-18-8/h2-3,15H,1H3,(H,16,17). The van der Waals surface area contributed by atoms with Gasteiger partial charge in [0, 0.05) is 6.07 Å². The average molecular weight is 272 g/mol. The molecule has 2 rings (SSSR count). The number of aromatic nitrogens is 1. The molecule has 0 atom stereocenters. The molecule has 0 saturated heterocycles. The zero-order valence-corrected chi connectivity index (χ0v) is 9.82. The van der Waals surface area contributed by atoms with Crippen LogP contribution in [0.1, 0.15) is 16.1 Å². The molecule has 0 amide bonds. The lowest BCUT2D eigenvalue weighted by Crippen LogP contribution is -1.94. The molecule has 1 heterocycles. The third-order valence-corrected chi connectivity index (χ3v) is 2.71. The van der Waals surface area contributed by atoms with Crippen molar-refractivity contribution < 1.29 is 23.9 Å². The molecule has 7 heteroatoms. The van der Waals surface area contributed by atoms with Crippen LogP contribution in [0.25, 0.3) is 11.3 Å².